The smallest absolute Gasteiger partial charge is 0.221 e. The van der Waals surface area contributed by atoms with Crippen LogP contribution in [-0.2, 0) is 6.54 Å². The van der Waals surface area contributed by atoms with Crippen molar-refractivity contribution in [2.75, 3.05) is 6.61 Å². The number of nitrogens with zero attached hydrogens (tertiary/aromatic N) is 1. The van der Waals surface area contributed by atoms with Crippen LogP contribution >= 0.6 is 0 Å². The van der Waals surface area contributed by atoms with Crippen LogP contribution in [0.4, 0.5) is 0 Å². The zero-order valence-corrected chi connectivity index (χ0v) is 11.8. The van der Waals surface area contributed by atoms with Gasteiger partial charge in [-0.25, -0.2) is 4.98 Å². The van der Waals surface area contributed by atoms with Crippen molar-refractivity contribution >= 4 is 10.8 Å². The molecule has 0 aliphatic heterocycles. The molecular weight excluding hydrogens is 248 g/mol. The third kappa shape index (κ3) is 2.99. The summed E-state index contributed by atoms with van der Waals surface area (Å²) in [6.45, 7) is 3.43. The van der Waals surface area contributed by atoms with Gasteiger partial charge in [0.05, 0.1) is 0 Å². The Morgan fingerprint density at radius 1 is 1.30 bits per heavy atom. The second kappa shape index (κ2) is 6.06. The average molecular weight is 268 g/mol. The first kappa shape index (κ1) is 13.1. The molecule has 1 aromatic carbocycles. The van der Waals surface area contributed by atoms with Crippen LogP contribution in [0.5, 0.6) is 5.88 Å². The maximum atomic E-state index is 5.73. The number of hydrogen-bond acceptors (Lipinski definition) is 3. The molecule has 104 valence electrons. The molecule has 2 aromatic rings. The first-order valence-corrected chi connectivity index (χ1v) is 7.22. The molecule has 1 aliphatic rings. The highest BCUT2D eigenvalue weighted by Crippen LogP contribution is 2.27. The van der Waals surface area contributed by atoms with Crippen LogP contribution in [0.15, 0.2) is 42.6 Å². The third-order valence-corrected chi connectivity index (χ3v) is 3.55. The van der Waals surface area contributed by atoms with Crippen LogP contribution in [0.25, 0.3) is 10.8 Å². The highest BCUT2D eigenvalue weighted by atomic mass is 16.5. The van der Waals surface area contributed by atoms with Gasteiger partial charge in [0.25, 0.3) is 0 Å². The summed E-state index contributed by atoms with van der Waals surface area (Å²) in [5, 5.41) is 5.86. The van der Waals surface area contributed by atoms with Crippen LogP contribution in [0.1, 0.15) is 25.3 Å². The maximum absolute atomic E-state index is 5.73. The number of rotatable bonds is 6. The minimum atomic E-state index is 0.563. The predicted octanol–water partition coefficient (Wildman–Crippen LogP) is 3.44. The Balaban J connectivity index is 1.87. The molecule has 1 aliphatic carbocycles. The van der Waals surface area contributed by atoms with Gasteiger partial charge in [0.1, 0.15) is 6.61 Å². The van der Waals surface area contributed by atoms with Crippen LogP contribution in [0, 0.1) is 0 Å². The maximum Gasteiger partial charge on any atom is 0.221 e. The summed E-state index contributed by atoms with van der Waals surface area (Å²) in [7, 11) is 0. The molecule has 3 heteroatoms. The molecule has 0 unspecified atom stereocenters. The topological polar surface area (TPSA) is 34.1 Å². The van der Waals surface area contributed by atoms with Crippen molar-refractivity contribution in [3.05, 3.63) is 48.2 Å². The highest BCUT2D eigenvalue weighted by Gasteiger charge is 2.20. The van der Waals surface area contributed by atoms with E-state index in [0.717, 1.165) is 11.9 Å². The first-order valence-electron chi connectivity index (χ1n) is 7.22. The van der Waals surface area contributed by atoms with Gasteiger partial charge < -0.3 is 10.1 Å². The predicted molar refractivity (Wildman–Crippen MR) is 81.9 cm³/mol. The molecule has 0 spiro atoms. The van der Waals surface area contributed by atoms with Crippen molar-refractivity contribution in [1.82, 2.24) is 10.3 Å². The molecule has 0 saturated heterocycles. The van der Waals surface area contributed by atoms with Crippen molar-refractivity contribution in [3.63, 3.8) is 0 Å². The first-order chi connectivity index (χ1) is 9.88. The Bertz CT molecular complexity index is 617. The van der Waals surface area contributed by atoms with Crippen LogP contribution in [0.2, 0.25) is 0 Å². The van der Waals surface area contributed by atoms with Gasteiger partial charge in [-0.05, 0) is 36.8 Å². The normalized spacial score (nSPS) is 15.1. The Morgan fingerprint density at radius 3 is 2.85 bits per heavy atom. The van der Waals surface area contributed by atoms with Crippen molar-refractivity contribution < 1.29 is 4.74 Å². The second-order valence-electron chi connectivity index (χ2n) is 5.17. The monoisotopic (exact) mass is 268 g/mol. The van der Waals surface area contributed by atoms with Crippen molar-refractivity contribution in [3.8, 4) is 5.88 Å². The zero-order chi connectivity index (χ0) is 13.8. The minimum absolute atomic E-state index is 0.563. The van der Waals surface area contributed by atoms with E-state index in [4.69, 9.17) is 4.74 Å². The fourth-order valence-corrected chi connectivity index (χ4v) is 2.25. The summed E-state index contributed by atoms with van der Waals surface area (Å²) in [4.78, 5) is 4.48. The van der Waals surface area contributed by atoms with Gasteiger partial charge in [0, 0.05) is 24.2 Å². The molecule has 0 atom stereocenters. The van der Waals surface area contributed by atoms with E-state index in [-0.39, 0.29) is 0 Å². The molecule has 20 heavy (non-hydrogen) atoms. The minimum Gasteiger partial charge on any atom is -0.473 e. The lowest BCUT2D eigenvalue weighted by Crippen LogP contribution is -2.15. The van der Waals surface area contributed by atoms with E-state index in [2.05, 4.69) is 28.5 Å². The van der Waals surface area contributed by atoms with Crippen LogP contribution < -0.4 is 10.1 Å². The number of fused-ring (bicyclic) bond motifs is 1. The van der Waals surface area contributed by atoms with Crippen LogP contribution in [0.3, 0.4) is 0 Å². The van der Waals surface area contributed by atoms with Crippen molar-refractivity contribution in [2.45, 2.75) is 32.4 Å². The van der Waals surface area contributed by atoms with E-state index in [9.17, 15) is 0 Å². The molecule has 1 saturated carbocycles. The third-order valence-electron chi connectivity index (χ3n) is 3.55. The number of ether oxygens (including phenoxy) is 1. The largest absolute Gasteiger partial charge is 0.473 e. The number of allylic oxidation sites excluding steroid dienone is 1. The van der Waals surface area contributed by atoms with E-state index >= 15 is 0 Å². The van der Waals surface area contributed by atoms with Gasteiger partial charge >= 0.3 is 0 Å². The summed E-state index contributed by atoms with van der Waals surface area (Å²) in [6.07, 6.45) is 8.50. The second-order valence-corrected chi connectivity index (χ2v) is 5.17. The number of benzene rings is 1. The molecule has 1 fully saturated rings. The molecule has 1 N–H and O–H groups in total. The van der Waals surface area contributed by atoms with Gasteiger partial charge in [-0.15, -0.1) is 0 Å². The van der Waals surface area contributed by atoms with E-state index in [1.807, 2.05) is 31.3 Å². The average Bonchev–Trinajstić information content (AvgIpc) is 3.30. The SMILES string of the molecule is C/C=C/COc1ncc(CNC2CC2)c2ccccc12. The Morgan fingerprint density at radius 2 is 2.10 bits per heavy atom. The van der Waals surface area contributed by atoms with E-state index in [1.54, 1.807) is 0 Å². The number of aromatic nitrogens is 1. The fraction of sp³-hybridized carbons (Fsp3) is 0.353. The lowest BCUT2D eigenvalue weighted by molar-refractivity contribution is 0.353. The molecule has 3 nitrogen and oxygen atoms in total. The van der Waals surface area contributed by atoms with Gasteiger partial charge in [-0.1, -0.05) is 30.4 Å². The fourth-order valence-electron chi connectivity index (χ4n) is 2.25. The van der Waals surface area contributed by atoms with E-state index in [0.29, 0.717) is 18.5 Å². The van der Waals surface area contributed by atoms with Gasteiger partial charge in [0.15, 0.2) is 0 Å². The standard InChI is InChI=1S/C17H20N2O/c1-2-3-10-20-17-16-7-5-4-6-15(16)13(12-19-17)11-18-14-8-9-14/h2-7,12,14,18H,8-11H2,1H3/b3-2+. The molecule has 0 amide bonds. The summed E-state index contributed by atoms with van der Waals surface area (Å²) >= 11 is 0. The molecule has 0 radical (unpaired) electrons. The Labute approximate surface area is 119 Å². The lowest BCUT2D eigenvalue weighted by atomic mass is 10.1. The zero-order valence-electron chi connectivity index (χ0n) is 11.8. The highest BCUT2D eigenvalue weighted by molar-refractivity contribution is 5.89. The number of pyridine rings is 1. The van der Waals surface area contributed by atoms with Gasteiger partial charge in [-0.2, -0.15) is 0 Å². The van der Waals surface area contributed by atoms with E-state index in [1.165, 1.54) is 23.8 Å². The number of hydrogen-bond donors (Lipinski definition) is 1. The van der Waals surface area contributed by atoms with Crippen LogP contribution in [-0.4, -0.2) is 17.6 Å². The lowest BCUT2D eigenvalue weighted by Gasteiger charge is -2.11. The summed E-state index contributed by atoms with van der Waals surface area (Å²) in [6, 6.07) is 9.03. The summed E-state index contributed by atoms with van der Waals surface area (Å²) in [5.74, 6) is 0.717. The van der Waals surface area contributed by atoms with E-state index < -0.39 is 0 Å². The Hall–Kier alpha value is -1.87. The molecule has 3 rings (SSSR count). The quantitative estimate of drug-likeness (QED) is 0.815. The number of nitrogens with one attached hydrogen (secondary N) is 1. The molecule has 1 aromatic heterocycles. The van der Waals surface area contributed by atoms with Crippen molar-refractivity contribution in [1.29, 1.82) is 0 Å². The Kier molecular flexibility index (Phi) is 3.97. The van der Waals surface area contributed by atoms with Gasteiger partial charge in [-0.3, -0.25) is 0 Å². The molecule has 0 bridgehead atoms. The summed E-state index contributed by atoms with van der Waals surface area (Å²) in [5.41, 5.74) is 1.24. The van der Waals surface area contributed by atoms with Crippen molar-refractivity contribution in [2.24, 2.45) is 0 Å². The summed E-state index contributed by atoms with van der Waals surface area (Å²) < 4.78 is 5.73. The molecule has 1 heterocycles. The molecular formula is C17H20N2O. The van der Waals surface area contributed by atoms with Gasteiger partial charge in [0.2, 0.25) is 5.88 Å².